The van der Waals surface area contributed by atoms with Crippen molar-refractivity contribution in [3.63, 3.8) is 0 Å². The monoisotopic (exact) mass is 443 g/mol. The predicted octanol–water partition coefficient (Wildman–Crippen LogP) is 0.467. The number of Topliss-reactive ketones (excluding diaryl/α,β-unsaturated/α-hetero) is 2. The number of likely N-dealkylation sites (N-methyl/N-ethyl adjacent to an activating group) is 1. The van der Waals surface area contributed by atoms with Crippen LogP contribution in [0.2, 0.25) is 0 Å². The molecule has 0 radical (unpaired) electrons. The van der Waals surface area contributed by atoms with Gasteiger partial charge < -0.3 is 26.2 Å². The summed E-state index contributed by atoms with van der Waals surface area (Å²) in [6.07, 6.45) is 3.18. The second-order valence-corrected chi connectivity index (χ2v) is 8.81. The van der Waals surface area contributed by atoms with Gasteiger partial charge in [0.1, 0.15) is 22.8 Å². The van der Waals surface area contributed by atoms with Gasteiger partial charge in [0.25, 0.3) is 5.91 Å². The molecule has 32 heavy (non-hydrogen) atoms. The lowest BCUT2D eigenvalue weighted by atomic mass is 9.56. The summed E-state index contributed by atoms with van der Waals surface area (Å²) in [7, 11) is 3.18. The lowest BCUT2D eigenvalue weighted by molar-refractivity contribution is -0.148. The molecular weight excluding hydrogens is 418 g/mol. The molecule has 0 spiro atoms. The summed E-state index contributed by atoms with van der Waals surface area (Å²) in [6.45, 7) is 1.88. The van der Waals surface area contributed by atoms with Crippen molar-refractivity contribution in [1.82, 2.24) is 9.88 Å². The number of fused-ring (bicyclic) bond motifs is 3. The lowest BCUT2D eigenvalue weighted by Gasteiger charge is -2.51. The summed E-state index contributed by atoms with van der Waals surface area (Å²) in [5, 5.41) is 43.8. The Hall–Kier alpha value is -3.24. The fourth-order valence-corrected chi connectivity index (χ4v) is 5.73. The Labute approximate surface area is 183 Å². The number of aliphatic hydroxyl groups excluding tert-OH is 2. The van der Waals surface area contributed by atoms with Gasteiger partial charge in [-0.15, -0.1) is 0 Å². The highest BCUT2D eigenvalue weighted by Crippen LogP contribution is 2.55. The number of aromatic nitrogens is 1. The molecular formula is C22H25N3O7. The first-order valence-corrected chi connectivity index (χ1v) is 10.3. The highest BCUT2D eigenvalue weighted by molar-refractivity contribution is 6.24. The van der Waals surface area contributed by atoms with E-state index in [2.05, 4.69) is 4.98 Å². The first-order valence-electron chi connectivity index (χ1n) is 10.3. The fraction of sp³-hybridized carbons (Fsp3) is 0.455. The first kappa shape index (κ1) is 22.0. The van der Waals surface area contributed by atoms with Crippen LogP contribution in [0.15, 0.2) is 35.1 Å². The molecule has 3 aliphatic carbocycles. The highest BCUT2D eigenvalue weighted by Gasteiger charge is 2.64. The number of primary amides is 1. The largest absolute Gasteiger partial charge is 0.510 e. The van der Waals surface area contributed by atoms with Gasteiger partial charge in [0, 0.05) is 17.7 Å². The summed E-state index contributed by atoms with van der Waals surface area (Å²) in [5.41, 5.74) is 2.17. The van der Waals surface area contributed by atoms with Crippen LogP contribution in [-0.2, 0) is 9.59 Å². The maximum atomic E-state index is 13.4. The van der Waals surface area contributed by atoms with E-state index in [1.807, 2.05) is 6.92 Å². The summed E-state index contributed by atoms with van der Waals surface area (Å²) in [5.74, 6) is -7.03. The number of hydrogen-bond acceptors (Lipinski definition) is 9. The highest BCUT2D eigenvalue weighted by atomic mass is 16.3. The average molecular weight is 443 g/mol. The zero-order valence-corrected chi connectivity index (χ0v) is 17.9. The van der Waals surface area contributed by atoms with Gasteiger partial charge in [-0.3, -0.25) is 24.3 Å². The number of aromatic hydroxyl groups is 1. The zero-order valence-electron chi connectivity index (χ0n) is 17.9. The molecule has 0 fully saturated rings. The molecule has 0 saturated heterocycles. The Morgan fingerprint density at radius 3 is 2.47 bits per heavy atom. The average Bonchev–Trinajstić information content (AvgIpc) is 2.70. The SMILES string of the molecule is CC[C@H]1c2cncc(O)c2C(=O)C2=C(O)[C@]3(O)C(=O)C(C(N)=O)=C(O)[C@@H](N(C)C)[C@@H]3C[C@@H]21. The molecule has 0 aliphatic heterocycles. The molecule has 10 nitrogen and oxygen atoms in total. The third-order valence-electron chi connectivity index (χ3n) is 7.08. The van der Waals surface area contributed by atoms with Crippen LogP contribution in [-0.4, -0.2) is 73.5 Å². The van der Waals surface area contributed by atoms with Crippen LogP contribution in [0.1, 0.15) is 41.6 Å². The minimum Gasteiger partial charge on any atom is -0.510 e. The topological polar surface area (TPSA) is 174 Å². The number of carbonyl (C=O) groups excluding carboxylic acids is 3. The zero-order chi connectivity index (χ0) is 23.7. The van der Waals surface area contributed by atoms with Gasteiger partial charge in [-0.1, -0.05) is 6.92 Å². The number of nitrogens with zero attached hydrogens (tertiary/aromatic N) is 2. The van der Waals surface area contributed by atoms with Crippen molar-refractivity contribution in [2.24, 2.45) is 17.6 Å². The minimum absolute atomic E-state index is 0.0346. The second-order valence-electron chi connectivity index (χ2n) is 8.81. The maximum Gasteiger partial charge on any atom is 0.255 e. The summed E-state index contributed by atoms with van der Waals surface area (Å²) >= 11 is 0. The van der Waals surface area contributed by atoms with Crippen molar-refractivity contribution in [1.29, 1.82) is 0 Å². The van der Waals surface area contributed by atoms with Crippen LogP contribution in [0.4, 0.5) is 0 Å². The molecule has 1 aromatic heterocycles. The Morgan fingerprint density at radius 1 is 1.25 bits per heavy atom. The van der Waals surface area contributed by atoms with E-state index in [1.54, 1.807) is 14.1 Å². The molecule has 0 bridgehead atoms. The van der Waals surface area contributed by atoms with Crippen LogP contribution < -0.4 is 5.73 Å². The van der Waals surface area contributed by atoms with Crippen molar-refractivity contribution in [3.05, 3.63) is 46.2 Å². The third kappa shape index (κ3) is 2.59. The molecule has 0 unspecified atom stereocenters. The number of carbonyl (C=O) groups is 3. The van der Waals surface area contributed by atoms with Crippen LogP contribution >= 0.6 is 0 Å². The molecule has 1 amide bonds. The number of amides is 1. The quantitative estimate of drug-likeness (QED) is 0.416. The van der Waals surface area contributed by atoms with Crippen molar-refractivity contribution < 1.29 is 34.8 Å². The fourth-order valence-electron chi connectivity index (χ4n) is 5.73. The molecule has 5 atom stereocenters. The Bertz CT molecular complexity index is 1120. The van der Waals surface area contributed by atoms with Gasteiger partial charge >= 0.3 is 0 Å². The van der Waals surface area contributed by atoms with E-state index in [0.717, 1.165) is 6.20 Å². The van der Waals surface area contributed by atoms with Crippen LogP contribution in [0.5, 0.6) is 5.75 Å². The smallest absolute Gasteiger partial charge is 0.255 e. The van der Waals surface area contributed by atoms with E-state index in [9.17, 15) is 34.8 Å². The van der Waals surface area contributed by atoms with Crippen LogP contribution in [0.25, 0.3) is 0 Å². The number of nitrogens with two attached hydrogens (primary N) is 1. The molecule has 0 aromatic carbocycles. The number of allylic oxidation sites excluding steroid dienone is 1. The van der Waals surface area contributed by atoms with Crippen molar-refractivity contribution in [3.8, 4) is 5.75 Å². The van der Waals surface area contributed by atoms with Gasteiger partial charge in [-0.05, 0) is 44.3 Å². The molecule has 4 rings (SSSR count). The molecule has 170 valence electrons. The molecule has 0 saturated carbocycles. The Morgan fingerprint density at radius 2 is 1.91 bits per heavy atom. The van der Waals surface area contributed by atoms with Crippen molar-refractivity contribution in [2.45, 2.75) is 37.3 Å². The summed E-state index contributed by atoms with van der Waals surface area (Å²) in [4.78, 5) is 44.1. The summed E-state index contributed by atoms with van der Waals surface area (Å²) in [6, 6.07) is -1.01. The number of ketones is 2. The minimum atomic E-state index is -2.63. The van der Waals surface area contributed by atoms with Gasteiger partial charge in [0.2, 0.25) is 5.78 Å². The standard InChI is InChI=1S/C22H25N3O7/c1-4-8-9-5-11-16(25(2)3)18(28)15(21(23)31)20(30)22(11,32)19(29)14(9)17(27)13-10(8)6-24-7-12(13)26/h6-9,11,16,26,28-29,32H,4-5H2,1-3H3,(H2,23,31)/t8-,9-,11+,16+,22+/m1/s1. The van der Waals surface area contributed by atoms with E-state index in [1.165, 1.54) is 11.1 Å². The Kier molecular flexibility index (Phi) is 4.90. The van der Waals surface area contributed by atoms with Crippen molar-refractivity contribution >= 4 is 17.5 Å². The number of pyridine rings is 1. The Balaban J connectivity index is 2.02. The van der Waals surface area contributed by atoms with Crippen LogP contribution in [0.3, 0.4) is 0 Å². The molecule has 1 heterocycles. The number of aliphatic hydroxyl groups is 3. The van der Waals surface area contributed by atoms with E-state index in [-0.39, 0.29) is 29.2 Å². The lowest BCUT2D eigenvalue weighted by Crippen LogP contribution is -2.64. The van der Waals surface area contributed by atoms with Gasteiger partial charge in [0.05, 0.1) is 17.8 Å². The van der Waals surface area contributed by atoms with Crippen LogP contribution in [0, 0.1) is 11.8 Å². The summed E-state index contributed by atoms with van der Waals surface area (Å²) < 4.78 is 0. The normalized spacial score (nSPS) is 32.0. The molecule has 10 heteroatoms. The van der Waals surface area contributed by atoms with Crippen molar-refractivity contribution in [2.75, 3.05) is 14.1 Å². The first-order chi connectivity index (χ1) is 15.0. The number of rotatable bonds is 3. The molecule has 3 aliphatic rings. The number of hydrogen-bond donors (Lipinski definition) is 5. The van der Waals surface area contributed by atoms with Gasteiger partial charge in [-0.25, -0.2) is 0 Å². The molecule has 6 N–H and O–H groups in total. The van der Waals surface area contributed by atoms with E-state index >= 15 is 0 Å². The van der Waals surface area contributed by atoms with E-state index in [0.29, 0.717) is 12.0 Å². The van der Waals surface area contributed by atoms with E-state index < -0.39 is 58.0 Å². The van der Waals surface area contributed by atoms with Gasteiger partial charge in [0.15, 0.2) is 11.4 Å². The van der Waals surface area contributed by atoms with Gasteiger partial charge in [-0.2, -0.15) is 0 Å². The third-order valence-corrected chi connectivity index (χ3v) is 7.08. The maximum absolute atomic E-state index is 13.4. The predicted molar refractivity (Wildman–Crippen MR) is 111 cm³/mol. The van der Waals surface area contributed by atoms with E-state index in [4.69, 9.17) is 5.73 Å². The second kappa shape index (κ2) is 7.14. The molecule has 1 aromatic rings.